The maximum atomic E-state index is 5.61. The minimum atomic E-state index is 0.221. The van der Waals surface area contributed by atoms with Gasteiger partial charge in [-0.15, -0.1) is 0 Å². The van der Waals surface area contributed by atoms with Crippen LogP contribution in [-0.2, 0) is 6.42 Å². The van der Waals surface area contributed by atoms with E-state index in [4.69, 9.17) is 4.74 Å². The van der Waals surface area contributed by atoms with Crippen molar-refractivity contribution in [1.82, 2.24) is 5.32 Å². The fourth-order valence-electron chi connectivity index (χ4n) is 2.93. The largest absolute Gasteiger partial charge is 0.493 e. The van der Waals surface area contributed by atoms with Crippen LogP contribution in [0.5, 0.6) is 5.75 Å². The van der Waals surface area contributed by atoms with E-state index in [-0.39, 0.29) is 6.04 Å². The summed E-state index contributed by atoms with van der Waals surface area (Å²) < 4.78 is 6.77. The Balaban J connectivity index is 2.03. The third-order valence-corrected chi connectivity index (χ3v) is 4.93. The van der Waals surface area contributed by atoms with E-state index in [0.717, 1.165) is 29.8 Å². The van der Waals surface area contributed by atoms with Crippen LogP contribution in [0.2, 0.25) is 0 Å². The molecule has 3 heteroatoms. The molecule has 1 aliphatic heterocycles. The van der Waals surface area contributed by atoms with Crippen molar-refractivity contribution < 1.29 is 4.74 Å². The monoisotopic (exact) mass is 345 g/mol. The highest BCUT2D eigenvalue weighted by Gasteiger charge is 2.19. The number of hydrogen-bond acceptors (Lipinski definition) is 2. The van der Waals surface area contributed by atoms with E-state index >= 15 is 0 Å². The SMILES string of the molecule is CCNC(c1ccc2c(c1)CCO2)c1cccc(Br)c1C. The van der Waals surface area contributed by atoms with E-state index in [1.54, 1.807) is 0 Å². The maximum absolute atomic E-state index is 5.61. The van der Waals surface area contributed by atoms with Crippen LogP contribution in [0.25, 0.3) is 0 Å². The highest BCUT2D eigenvalue weighted by Crippen LogP contribution is 2.33. The fourth-order valence-corrected chi connectivity index (χ4v) is 3.32. The molecular formula is C18H20BrNO. The van der Waals surface area contributed by atoms with Gasteiger partial charge in [0.1, 0.15) is 5.75 Å². The molecule has 0 aromatic heterocycles. The van der Waals surface area contributed by atoms with Gasteiger partial charge in [-0.05, 0) is 47.9 Å². The van der Waals surface area contributed by atoms with E-state index in [1.165, 1.54) is 22.3 Å². The number of nitrogens with one attached hydrogen (secondary N) is 1. The molecule has 1 unspecified atom stereocenters. The van der Waals surface area contributed by atoms with Crippen LogP contribution in [0.4, 0.5) is 0 Å². The molecule has 0 saturated carbocycles. The second-order valence-corrected chi connectivity index (χ2v) is 6.26. The molecule has 2 aromatic carbocycles. The zero-order valence-electron chi connectivity index (χ0n) is 12.4. The predicted molar refractivity (Wildman–Crippen MR) is 90.0 cm³/mol. The van der Waals surface area contributed by atoms with E-state index in [2.05, 4.69) is 71.5 Å². The van der Waals surface area contributed by atoms with Crippen molar-refractivity contribution in [2.45, 2.75) is 26.3 Å². The number of hydrogen-bond donors (Lipinski definition) is 1. The van der Waals surface area contributed by atoms with Crippen LogP contribution in [0, 0.1) is 6.92 Å². The molecule has 2 nitrogen and oxygen atoms in total. The Morgan fingerprint density at radius 1 is 1.29 bits per heavy atom. The lowest BCUT2D eigenvalue weighted by Crippen LogP contribution is -2.23. The summed E-state index contributed by atoms with van der Waals surface area (Å²) in [5, 5.41) is 3.61. The molecule has 2 aromatic rings. The van der Waals surface area contributed by atoms with Crippen molar-refractivity contribution in [1.29, 1.82) is 0 Å². The quantitative estimate of drug-likeness (QED) is 0.887. The number of rotatable bonds is 4. The van der Waals surface area contributed by atoms with Crippen molar-refractivity contribution in [3.8, 4) is 5.75 Å². The summed E-state index contributed by atoms with van der Waals surface area (Å²) in [6.07, 6.45) is 1.01. The number of halogens is 1. The average Bonchev–Trinajstić information content (AvgIpc) is 2.95. The Bertz CT molecular complexity index is 654. The van der Waals surface area contributed by atoms with Crippen LogP contribution in [0.1, 0.15) is 35.2 Å². The van der Waals surface area contributed by atoms with E-state index in [9.17, 15) is 0 Å². The van der Waals surface area contributed by atoms with Gasteiger partial charge in [0.15, 0.2) is 0 Å². The molecular weight excluding hydrogens is 326 g/mol. The van der Waals surface area contributed by atoms with Crippen molar-refractivity contribution in [2.75, 3.05) is 13.2 Å². The molecule has 21 heavy (non-hydrogen) atoms. The van der Waals surface area contributed by atoms with E-state index in [0.29, 0.717) is 0 Å². The van der Waals surface area contributed by atoms with Gasteiger partial charge in [0.2, 0.25) is 0 Å². The molecule has 110 valence electrons. The second kappa shape index (κ2) is 6.20. The summed E-state index contributed by atoms with van der Waals surface area (Å²) in [4.78, 5) is 0. The van der Waals surface area contributed by atoms with Crippen LogP contribution in [0.3, 0.4) is 0 Å². The van der Waals surface area contributed by atoms with Gasteiger partial charge in [-0.2, -0.15) is 0 Å². The van der Waals surface area contributed by atoms with Crippen LogP contribution < -0.4 is 10.1 Å². The van der Waals surface area contributed by atoms with E-state index < -0.39 is 0 Å². The van der Waals surface area contributed by atoms with Crippen molar-refractivity contribution in [2.24, 2.45) is 0 Å². The third kappa shape index (κ3) is 2.85. The lowest BCUT2D eigenvalue weighted by atomic mass is 9.93. The fraction of sp³-hybridized carbons (Fsp3) is 0.333. The summed E-state index contributed by atoms with van der Waals surface area (Å²) in [7, 11) is 0. The normalized spacial score (nSPS) is 14.6. The lowest BCUT2D eigenvalue weighted by Gasteiger charge is -2.22. The number of benzene rings is 2. The Labute approximate surface area is 134 Å². The highest BCUT2D eigenvalue weighted by molar-refractivity contribution is 9.10. The van der Waals surface area contributed by atoms with Gasteiger partial charge in [-0.3, -0.25) is 0 Å². The number of fused-ring (bicyclic) bond motifs is 1. The van der Waals surface area contributed by atoms with Gasteiger partial charge in [0.25, 0.3) is 0 Å². The van der Waals surface area contributed by atoms with Gasteiger partial charge in [-0.25, -0.2) is 0 Å². The van der Waals surface area contributed by atoms with Crippen LogP contribution in [-0.4, -0.2) is 13.2 Å². The minimum Gasteiger partial charge on any atom is -0.493 e. The molecule has 0 aliphatic carbocycles. The molecule has 1 atom stereocenters. The Morgan fingerprint density at radius 3 is 2.95 bits per heavy atom. The zero-order valence-corrected chi connectivity index (χ0v) is 14.0. The van der Waals surface area contributed by atoms with Gasteiger partial charge in [-0.1, -0.05) is 47.1 Å². The van der Waals surface area contributed by atoms with Crippen LogP contribution in [0.15, 0.2) is 40.9 Å². The van der Waals surface area contributed by atoms with E-state index in [1.807, 2.05) is 0 Å². The summed E-state index contributed by atoms with van der Waals surface area (Å²) in [5.41, 5.74) is 5.25. The topological polar surface area (TPSA) is 21.3 Å². The third-order valence-electron chi connectivity index (χ3n) is 4.08. The van der Waals surface area contributed by atoms with Crippen molar-refractivity contribution in [3.05, 3.63) is 63.1 Å². The van der Waals surface area contributed by atoms with Gasteiger partial charge in [0, 0.05) is 10.9 Å². The number of ether oxygens (including phenoxy) is 1. The standard InChI is InChI=1S/C18H20BrNO/c1-3-20-18(15-5-4-6-16(19)12(15)2)14-7-8-17-13(11-14)9-10-21-17/h4-8,11,18,20H,3,9-10H2,1-2H3. The minimum absolute atomic E-state index is 0.221. The molecule has 0 spiro atoms. The molecule has 0 bridgehead atoms. The first-order chi connectivity index (χ1) is 10.2. The van der Waals surface area contributed by atoms with Gasteiger partial charge in [0.05, 0.1) is 12.6 Å². The zero-order chi connectivity index (χ0) is 14.8. The smallest absolute Gasteiger partial charge is 0.122 e. The molecule has 1 N–H and O–H groups in total. The second-order valence-electron chi connectivity index (χ2n) is 5.41. The first kappa shape index (κ1) is 14.6. The first-order valence-electron chi connectivity index (χ1n) is 7.44. The van der Waals surface area contributed by atoms with Crippen LogP contribution >= 0.6 is 15.9 Å². The molecule has 1 aliphatic rings. The van der Waals surface area contributed by atoms with Gasteiger partial charge < -0.3 is 10.1 Å². The summed E-state index contributed by atoms with van der Waals surface area (Å²) >= 11 is 3.64. The molecule has 1 heterocycles. The maximum Gasteiger partial charge on any atom is 0.122 e. The van der Waals surface area contributed by atoms with Gasteiger partial charge >= 0.3 is 0 Å². The molecule has 0 saturated heterocycles. The highest BCUT2D eigenvalue weighted by atomic mass is 79.9. The average molecular weight is 346 g/mol. The summed E-state index contributed by atoms with van der Waals surface area (Å²) in [5.74, 6) is 1.04. The summed E-state index contributed by atoms with van der Waals surface area (Å²) in [6.45, 7) is 6.06. The molecule has 0 amide bonds. The van der Waals surface area contributed by atoms with Crippen molar-refractivity contribution in [3.63, 3.8) is 0 Å². The Hall–Kier alpha value is -1.32. The molecule has 3 rings (SSSR count). The van der Waals surface area contributed by atoms with Crippen molar-refractivity contribution >= 4 is 15.9 Å². The molecule has 0 radical (unpaired) electrons. The Morgan fingerprint density at radius 2 is 2.14 bits per heavy atom. The lowest BCUT2D eigenvalue weighted by molar-refractivity contribution is 0.357. The first-order valence-corrected chi connectivity index (χ1v) is 8.24. The predicted octanol–water partition coefficient (Wildman–Crippen LogP) is 4.39. The summed E-state index contributed by atoms with van der Waals surface area (Å²) in [6, 6.07) is 13.2. The molecule has 0 fully saturated rings. The Kier molecular flexibility index (Phi) is 4.32.